The largest absolute Gasteiger partial charge is 0.399 e. The van der Waals surface area contributed by atoms with Crippen LogP contribution in [0.1, 0.15) is 25.7 Å². The van der Waals surface area contributed by atoms with Crippen molar-refractivity contribution in [3.8, 4) is 0 Å². The highest BCUT2D eigenvalue weighted by Gasteiger charge is 2.01. The van der Waals surface area contributed by atoms with E-state index in [0.29, 0.717) is 0 Å². The highest BCUT2D eigenvalue weighted by Crippen LogP contribution is 2.29. The number of anilines is 1. The van der Waals surface area contributed by atoms with Crippen molar-refractivity contribution in [2.75, 3.05) is 11.5 Å². The summed E-state index contributed by atoms with van der Waals surface area (Å²) in [6.07, 6.45) is 6.78. The molecule has 0 fully saturated rings. The van der Waals surface area contributed by atoms with Gasteiger partial charge in [-0.2, -0.15) is 0 Å². The molecule has 0 amide bonds. The van der Waals surface area contributed by atoms with E-state index in [4.69, 9.17) is 17.3 Å². The molecule has 1 aromatic carbocycles. The van der Waals surface area contributed by atoms with Crippen LogP contribution in [0.15, 0.2) is 35.7 Å². The highest BCUT2D eigenvalue weighted by atomic mass is 35.5. The molecule has 2 N–H and O–H groups in total. The Kier molecular flexibility index (Phi) is 6.43. The van der Waals surface area contributed by atoms with Crippen LogP contribution in [0.3, 0.4) is 0 Å². The van der Waals surface area contributed by atoms with E-state index in [0.717, 1.165) is 27.8 Å². The van der Waals surface area contributed by atoms with E-state index in [2.05, 4.69) is 6.58 Å². The van der Waals surface area contributed by atoms with E-state index in [1.165, 1.54) is 19.3 Å². The van der Waals surface area contributed by atoms with Crippen molar-refractivity contribution in [2.45, 2.75) is 30.6 Å². The third-order valence-corrected chi connectivity index (χ3v) is 3.85. The molecule has 0 aromatic heterocycles. The molecular formula is C13H18ClNS. The van der Waals surface area contributed by atoms with Crippen molar-refractivity contribution in [3.63, 3.8) is 0 Å². The minimum Gasteiger partial charge on any atom is -0.399 e. The topological polar surface area (TPSA) is 26.0 Å². The van der Waals surface area contributed by atoms with E-state index in [9.17, 15) is 0 Å². The lowest BCUT2D eigenvalue weighted by molar-refractivity contribution is 0.735. The molecule has 0 unspecified atom stereocenters. The molecule has 0 atom stereocenters. The summed E-state index contributed by atoms with van der Waals surface area (Å²) in [7, 11) is 0. The Morgan fingerprint density at radius 2 is 2.12 bits per heavy atom. The lowest BCUT2D eigenvalue weighted by Crippen LogP contribution is -1.86. The maximum absolute atomic E-state index is 6.07. The maximum Gasteiger partial charge on any atom is 0.0543 e. The minimum atomic E-state index is 0.776. The zero-order chi connectivity index (χ0) is 11.8. The average molecular weight is 256 g/mol. The zero-order valence-electron chi connectivity index (χ0n) is 9.42. The van der Waals surface area contributed by atoms with Gasteiger partial charge in [0.15, 0.2) is 0 Å². The molecule has 16 heavy (non-hydrogen) atoms. The number of hydrogen-bond acceptors (Lipinski definition) is 2. The fourth-order valence-corrected chi connectivity index (χ4v) is 2.66. The Balaban J connectivity index is 2.26. The first-order valence-electron chi connectivity index (χ1n) is 5.52. The molecule has 0 bridgehead atoms. The van der Waals surface area contributed by atoms with Crippen LogP contribution in [-0.2, 0) is 0 Å². The molecule has 0 aliphatic heterocycles. The number of benzene rings is 1. The lowest BCUT2D eigenvalue weighted by Gasteiger charge is -2.05. The van der Waals surface area contributed by atoms with Crippen molar-refractivity contribution in [3.05, 3.63) is 35.9 Å². The van der Waals surface area contributed by atoms with E-state index >= 15 is 0 Å². The summed E-state index contributed by atoms with van der Waals surface area (Å²) in [5.41, 5.74) is 6.49. The van der Waals surface area contributed by atoms with Crippen LogP contribution in [0.4, 0.5) is 5.69 Å². The van der Waals surface area contributed by atoms with Gasteiger partial charge in [-0.15, -0.1) is 18.3 Å². The van der Waals surface area contributed by atoms with Crippen LogP contribution in [-0.4, -0.2) is 5.75 Å². The van der Waals surface area contributed by atoms with Crippen LogP contribution in [0, 0.1) is 0 Å². The van der Waals surface area contributed by atoms with Crippen LogP contribution < -0.4 is 5.73 Å². The predicted octanol–water partition coefficient (Wildman–Crippen LogP) is 4.76. The summed E-state index contributed by atoms with van der Waals surface area (Å²) < 4.78 is 0. The van der Waals surface area contributed by atoms with E-state index in [1.807, 2.05) is 24.3 Å². The van der Waals surface area contributed by atoms with Crippen molar-refractivity contribution < 1.29 is 0 Å². The Bertz CT molecular complexity index is 339. The van der Waals surface area contributed by atoms with Crippen molar-refractivity contribution in [1.82, 2.24) is 0 Å². The lowest BCUT2D eigenvalue weighted by atomic mass is 10.2. The fraction of sp³-hybridized carbons (Fsp3) is 0.385. The van der Waals surface area contributed by atoms with Gasteiger partial charge in [-0.05, 0) is 43.2 Å². The molecule has 0 aliphatic carbocycles. The fourth-order valence-electron chi connectivity index (χ4n) is 1.38. The number of hydrogen-bond donors (Lipinski definition) is 1. The van der Waals surface area contributed by atoms with Gasteiger partial charge in [0.05, 0.1) is 5.02 Å². The monoisotopic (exact) mass is 255 g/mol. The summed E-state index contributed by atoms with van der Waals surface area (Å²) >= 11 is 7.85. The van der Waals surface area contributed by atoms with Crippen molar-refractivity contribution >= 4 is 29.1 Å². The molecule has 0 heterocycles. The number of nitrogens with two attached hydrogens (primary N) is 1. The van der Waals surface area contributed by atoms with Gasteiger partial charge < -0.3 is 5.73 Å². The normalized spacial score (nSPS) is 10.3. The third-order valence-electron chi connectivity index (χ3n) is 2.27. The number of unbranched alkanes of at least 4 members (excludes halogenated alkanes) is 3. The number of rotatable bonds is 7. The number of thioether (sulfide) groups is 1. The molecule has 0 aliphatic rings. The molecule has 0 saturated heterocycles. The second kappa shape index (κ2) is 7.64. The molecule has 1 aromatic rings. The van der Waals surface area contributed by atoms with Crippen LogP contribution >= 0.6 is 23.4 Å². The summed E-state index contributed by atoms with van der Waals surface area (Å²) in [5, 5.41) is 0.797. The summed E-state index contributed by atoms with van der Waals surface area (Å²) in [4.78, 5) is 1.09. The van der Waals surface area contributed by atoms with Crippen molar-refractivity contribution in [2.24, 2.45) is 0 Å². The number of halogens is 1. The highest BCUT2D eigenvalue weighted by molar-refractivity contribution is 7.99. The summed E-state index contributed by atoms with van der Waals surface area (Å²) in [6.45, 7) is 3.71. The van der Waals surface area contributed by atoms with E-state index < -0.39 is 0 Å². The van der Waals surface area contributed by atoms with Crippen LogP contribution in [0.25, 0.3) is 0 Å². The molecule has 3 heteroatoms. The van der Waals surface area contributed by atoms with Gasteiger partial charge in [0.1, 0.15) is 0 Å². The standard InChI is InChI=1S/C13H18ClNS/c1-2-3-4-5-6-9-16-13-10-11(15)7-8-12(13)14/h2,7-8,10H,1,3-6,9,15H2. The van der Waals surface area contributed by atoms with Crippen molar-refractivity contribution in [1.29, 1.82) is 0 Å². The average Bonchev–Trinajstić information content (AvgIpc) is 2.28. The second-order valence-electron chi connectivity index (χ2n) is 3.68. The summed E-state index contributed by atoms with van der Waals surface area (Å²) in [6, 6.07) is 5.63. The number of allylic oxidation sites excluding steroid dienone is 1. The van der Waals surface area contributed by atoms with E-state index in [-0.39, 0.29) is 0 Å². The Labute approximate surface area is 107 Å². The first kappa shape index (κ1) is 13.5. The smallest absolute Gasteiger partial charge is 0.0543 e. The van der Waals surface area contributed by atoms with Gasteiger partial charge in [0.25, 0.3) is 0 Å². The van der Waals surface area contributed by atoms with Gasteiger partial charge in [-0.3, -0.25) is 0 Å². The van der Waals surface area contributed by atoms with Gasteiger partial charge >= 0.3 is 0 Å². The van der Waals surface area contributed by atoms with Gasteiger partial charge in [0, 0.05) is 10.6 Å². The van der Waals surface area contributed by atoms with Gasteiger partial charge in [0.2, 0.25) is 0 Å². The Hall–Kier alpha value is -0.600. The summed E-state index contributed by atoms with van der Waals surface area (Å²) in [5.74, 6) is 1.10. The molecular weight excluding hydrogens is 238 g/mol. The quantitative estimate of drug-likeness (QED) is 0.329. The van der Waals surface area contributed by atoms with Gasteiger partial charge in [-0.1, -0.05) is 24.1 Å². The van der Waals surface area contributed by atoms with Crippen LogP contribution in [0.2, 0.25) is 5.02 Å². The SMILES string of the molecule is C=CCCCCCSc1cc(N)ccc1Cl. The number of nitrogen functional groups attached to an aromatic ring is 1. The molecule has 0 saturated carbocycles. The minimum absolute atomic E-state index is 0.776. The third kappa shape index (κ3) is 4.95. The molecule has 0 spiro atoms. The Morgan fingerprint density at radius 1 is 1.31 bits per heavy atom. The molecule has 0 radical (unpaired) electrons. The Morgan fingerprint density at radius 3 is 2.88 bits per heavy atom. The maximum atomic E-state index is 6.07. The zero-order valence-corrected chi connectivity index (χ0v) is 11.0. The molecule has 1 nitrogen and oxygen atoms in total. The second-order valence-corrected chi connectivity index (χ2v) is 5.22. The molecule has 1 rings (SSSR count). The first-order chi connectivity index (χ1) is 7.74. The first-order valence-corrected chi connectivity index (χ1v) is 6.89. The molecule has 88 valence electrons. The van der Waals surface area contributed by atoms with Gasteiger partial charge in [-0.25, -0.2) is 0 Å². The predicted molar refractivity (Wildman–Crippen MR) is 75.3 cm³/mol. The van der Waals surface area contributed by atoms with Crippen LogP contribution in [0.5, 0.6) is 0 Å². The van der Waals surface area contributed by atoms with E-state index in [1.54, 1.807) is 11.8 Å².